The van der Waals surface area contributed by atoms with Gasteiger partial charge in [0.15, 0.2) is 0 Å². The van der Waals surface area contributed by atoms with E-state index in [1.165, 1.54) is 12.0 Å². The molecule has 0 radical (unpaired) electrons. The quantitative estimate of drug-likeness (QED) is 0.709. The van der Waals surface area contributed by atoms with Crippen LogP contribution in [0.5, 0.6) is 0 Å². The van der Waals surface area contributed by atoms with Crippen LogP contribution in [0.15, 0.2) is 24.3 Å². The first kappa shape index (κ1) is 16.1. The van der Waals surface area contributed by atoms with Crippen molar-refractivity contribution in [3.8, 4) is 0 Å². The van der Waals surface area contributed by atoms with Crippen LogP contribution in [-0.2, 0) is 4.74 Å². The molecule has 0 aliphatic carbocycles. The molecule has 7 heteroatoms. The molecule has 1 aromatic rings. The highest BCUT2D eigenvalue weighted by Crippen LogP contribution is 2.11. The first-order chi connectivity index (χ1) is 10.6. The highest BCUT2D eigenvalue weighted by molar-refractivity contribution is 5.89. The molecule has 0 bridgehead atoms. The molecule has 0 saturated carbocycles. The summed E-state index contributed by atoms with van der Waals surface area (Å²) in [6.07, 6.45) is -0.0411. The minimum Gasteiger partial charge on any atom is -0.465 e. The lowest BCUT2D eigenvalue weighted by molar-refractivity contribution is 0.0600. The maximum atomic E-state index is 11.3. The molecule has 2 rings (SSSR count). The standard InChI is InChI=1S/C15H21N3O4/c1-22-14(19)11-2-4-12(5-3-11)16-7-6-13-10-18(15(20)21)9-8-17-13/h2-5,13,16-17H,6-10H2,1H3,(H,20,21)/t13-/m1/s1. The molecule has 1 saturated heterocycles. The predicted octanol–water partition coefficient (Wildman–Crippen LogP) is 1.23. The Balaban J connectivity index is 1.76. The molecular weight excluding hydrogens is 286 g/mol. The normalized spacial score (nSPS) is 17.9. The van der Waals surface area contributed by atoms with Gasteiger partial charge in [-0.15, -0.1) is 0 Å². The van der Waals surface area contributed by atoms with E-state index >= 15 is 0 Å². The van der Waals surface area contributed by atoms with Gasteiger partial charge in [-0.25, -0.2) is 9.59 Å². The average Bonchev–Trinajstić information content (AvgIpc) is 2.55. The summed E-state index contributed by atoms with van der Waals surface area (Å²) in [5.74, 6) is -0.355. The van der Waals surface area contributed by atoms with Gasteiger partial charge in [-0.2, -0.15) is 0 Å². The number of benzene rings is 1. The van der Waals surface area contributed by atoms with Crippen LogP contribution in [0.4, 0.5) is 10.5 Å². The van der Waals surface area contributed by atoms with E-state index in [0.717, 1.165) is 18.7 Å². The number of nitrogens with zero attached hydrogens (tertiary/aromatic N) is 1. The fraction of sp³-hybridized carbons (Fsp3) is 0.467. The number of nitrogens with one attached hydrogen (secondary N) is 2. The van der Waals surface area contributed by atoms with Crippen molar-refractivity contribution in [2.75, 3.05) is 38.6 Å². The molecule has 120 valence electrons. The summed E-state index contributed by atoms with van der Waals surface area (Å²) in [6.45, 7) is 2.46. The van der Waals surface area contributed by atoms with Crippen LogP contribution in [-0.4, -0.2) is 61.4 Å². The number of piperazine rings is 1. The van der Waals surface area contributed by atoms with Gasteiger partial charge in [-0.1, -0.05) is 0 Å². The monoisotopic (exact) mass is 307 g/mol. The van der Waals surface area contributed by atoms with Crippen molar-refractivity contribution < 1.29 is 19.4 Å². The summed E-state index contributed by atoms with van der Waals surface area (Å²) in [4.78, 5) is 23.7. The number of esters is 1. The van der Waals surface area contributed by atoms with E-state index in [4.69, 9.17) is 5.11 Å². The van der Waals surface area contributed by atoms with Crippen molar-refractivity contribution in [2.24, 2.45) is 0 Å². The summed E-state index contributed by atoms with van der Waals surface area (Å²) in [5, 5.41) is 15.6. The average molecular weight is 307 g/mol. The second-order valence-electron chi connectivity index (χ2n) is 5.16. The lowest BCUT2D eigenvalue weighted by Crippen LogP contribution is -2.52. The molecule has 1 amide bonds. The van der Waals surface area contributed by atoms with Crippen LogP contribution in [0.2, 0.25) is 0 Å². The molecule has 3 N–H and O–H groups in total. The van der Waals surface area contributed by atoms with Crippen LogP contribution in [0, 0.1) is 0 Å². The Morgan fingerprint density at radius 3 is 2.77 bits per heavy atom. The SMILES string of the molecule is COC(=O)c1ccc(NCC[C@@H]2CN(C(=O)O)CCN2)cc1. The Morgan fingerprint density at radius 1 is 1.41 bits per heavy atom. The number of hydrogen-bond donors (Lipinski definition) is 3. The van der Waals surface area contributed by atoms with Gasteiger partial charge in [0.05, 0.1) is 12.7 Å². The Kier molecular flexibility index (Phi) is 5.60. The third-order valence-electron chi connectivity index (χ3n) is 3.65. The molecule has 1 heterocycles. The fourth-order valence-corrected chi connectivity index (χ4v) is 2.43. The maximum Gasteiger partial charge on any atom is 0.407 e. The second kappa shape index (κ2) is 7.65. The van der Waals surface area contributed by atoms with Crippen molar-refractivity contribution in [1.29, 1.82) is 0 Å². The largest absolute Gasteiger partial charge is 0.465 e. The van der Waals surface area contributed by atoms with Crippen LogP contribution >= 0.6 is 0 Å². The first-order valence-corrected chi connectivity index (χ1v) is 7.23. The number of amides is 1. The molecule has 0 aromatic heterocycles. The van der Waals surface area contributed by atoms with Crippen molar-refractivity contribution >= 4 is 17.7 Å². The Labute approximate surface area is 129 Å². The van der Waals surface area contributed by atoms with E-state index in [2.05, 4.69) is 15.4 Å². The van der Waals surface area contributed by atoms with E-state index < -0.39 is 6.09 Å². The molecular formula is C15H21N3O4. The van der Waals surface area contributed by atoms with Crippen molar-refractivity contribution in [3.63, 3.8) is 0 Å². The Hall–Kier alpha value is -2.28. The van der Waals surface area contributed by atoms with Gasteiger partial charge in [-0.3, -0.25) is 0 Å². The number of anilines is 1. The highest BCUT2D eigenvalue weighted by Gasteiger charge is 2.22. The lowest BCUT2D eigenvalue weighted by Gasteiger charge is -2.31. The van der Waals surface area contributed by atoms with E-state index in [9.17, 15) is 9.59 Å². The number of carboxylic acid groups (broad SMARTS) is 1. The Morgan fingerprint density at radius 2 is 2.14 bits per heavy atom. The molecule has 1 atom stereocenters. The minimum atomic E-state index is -0.863. The first-order valence-electron chi connectivity index (χ1n) is 7.23. The number of methoxy groups -OCH3 is 1. The van der Waals surface area contributed by atoms with Crippen molar-refractivity contribution in [1.82, 2.24) is 10.2 Å². The highest BCUT2D eigenvalue weighted by atomic mass is 16.5. The fourth-order valence-electron chi connectivity index (χ4n) is 2.43. The van der Waals surface area contributed by atoms with E-state index in [1.54, 1.807) is 12.1 Å². The van der Waals surface area contributed by atoms with E-state index in [-0.39, 0.29) is 12.0 Å². The lowest BCUT2D eigenvalue weighted by atomic mass is 10.1. The van der Waals surface area contributed by atoms with Crippen LogP contribution in [0.3, 0.4) is 0 Å². The zero-order valence-corrected chi connectivity index (χ0v) is 12.5. The Bertz CT molecular complexity index is 518. The summed E-state index contributed by atoms with van der Waals surface area (Å²) in [7, 11) is 1.35. The second-order valence-corrected chi connectivity index (χ2v) is 5.16. The van der Waals surface area contributed by atoms with Crippen LogP contribution in [0.25, 0.3) is 0 Å². The number of carbonyl (C=O) groups excluding carboxylic acids is 1. The van der Waals surface area contributed by atoms with Gasteiger partial charge in [-0.05, 0) is 30.7 Å². The van der Waals surface area contributed by atoms with Crippen molar-refractivity contribution in [2.45, 2.75) is 12.5 Å². The molecule has 0 spiro atoms. The summed E-state index contributed by atoms with van der Waals surface area (Å²) >= 11 is 0. The number of hydrogen-bond acceptors (Lipinski definition) is 5. The van der Waals surface area contributed by atoms with Gasteiger partial charge in [0.1, 0.15) is 0 Å². The molecule has 7 nitrogen and oxygen atoms in total. The molecule has 1 aliphatic rings. The summed E-state index contributed by atoms with van der Waals surface area (Å²) < 4.78 is 4.65. The molecule has 1 aromatic carbocycles. The molecule has 0 unspecified atom stereocenters. The molecule has 22 heavy (non-hydrogen) atoms. The number of ether oxygens (including phenoxy) is 1. The predicted molar refractivity (Wildman–Crippen MR) is 82.3 cm³/mol. The van der Waals surface area contributed by atoms with Crippen molar-refractivity contribution in [3.05, 3.63) is 29.8 Å². The molecule has 1 aliphatic heterocycles. The maximum absolute atomic E-state index is 11.3. The number of carbonyl (C=O) groups is 2. The summed E-state index contributed by atoms with van der Waals surface area (Å²) in [6, 6.07) is 7.22. The van der Waals surface area contributed by atoms with Gasteiger partial charge in [0.2, 0.25) is 0 Å². The van der Waals surface area contributed by atoms with E-state index in [1.807, 2.05) is 12.1 Å². The third kappa shape index (κ3) is 4.36. The zero-order valence-electron chi connectivity index (χ0n) is 12.5. The smallest absolute Gasteiger partial charge is 0.407 e. The van der Waals surface area contributed by atoms with Crippen LogP contribution < -0.4 is 10.6 Å². The summed E-state index contributed by atoms with van der Waals surface area (Å²) in [5.41, 5.74) is 1.43. The minimum absolute atomic E-state index is 0.159. The van der Waals surface area contributed by atoms with Gasteiger partial charge in [0.25, 0.3) is 0 Å². The topological polar surface area (TPSA) is 90.9 Å². The number of rotatable bonds is 5. The third-order valence-corrected chi connectivity index (χ3v) is 3.65. The van der Waals surface area contributed by atoms with Gasteiger partial charge >= 0.3 is 12.1 Å². The van der Waals surface area contributed by atoms with Gasteiger partial charge in [0, 0.05) is 37.9 Å². The van der Waals surface area contributed by atoms with E-state index in [0.29, 0.717) is 25.2 Å². The molecule has 1 fully saturated rings. The zero-order chi connectivity index (χ0) is 15.9. The van der Waals surface area contributed by atoms with Crippen LogP contribution in [0.1, 0.15) is 16.8 Å². The van der Waals surface area contributed by atoms with Gasteiger partial charge < -0.3 is 25.4 Å².